The fourth-order valence-electron chi connectivity index (χ4n) is 11.1. The smallest absolute Gasteiger partial charge is 0.134 e. The largest absolute Gasteiger partial charge is 0.457 e. The molecule has 10 aromatic carbocycles. The minimum absolute atomic E-state index is 0.611. The van der Waals surface area contributed by atoms with E-state index in [-0.39, 0.29) is 0 Å². The van der Waals surface area contributed by atoms with Gasteiger partial charge in [0.05, 0.1) is 22.1 Å². The summed E-state index contributed by atoms with van der Waals surface area (Å²) in [6.07, 6.45) is 0. The number of hydrogen-bond acceptors (Lipinski definition) is 3. The number of thiophene rings is 1. The topological polar surface area (TPSA) is 17.4 Å². The number of nitrogens with zero attached hydrogens (tertiary/aromatic N) is 2. The summed E-state index contributed by atoms with van der Waals surface area (Å²) >= 11 is 1.85. The van der Waals surface area contributed by atoms with E-state index in [1.807, 2.05) is 11.3 Å². The van der Waals surface area contributed by atoms with Crippen LogP contribution in [0.4, 0.5) is 17.1 Å². The lowest BCUT2D eigenvalue weighted by Gasteiger charge is -2.45. The van der Waals surface area contributed by atoms with Crippen LogP contribution in [0.15, 0.2) is 218 Å². The average molecular weight is 821 g/mol. The van der Waals surface area contributed by atoms with Crippen molar-refractivity contribution in [3.63, 3.8) is 0 Å². The highest BCUT2D eigenvalue weighted by Crippen LogP contribution is 2.62. The minimum Gasteiger partial charge on any atom is -0.457 e. The number of aromatic nitrogens is 1. The van der Waals surface area contributed by atoms with Crippen LogP contribution in [-0.2, 0) is 5.41 Å². The number of benzene rings is 10. The first kappa shape index (κ1) is 34.8. The Bertz CT molecular complexity index is 3860. The summed E-state index contributed by atoms with van der Waals surface area (Å²) in [5, 5.41) is 7.46. The Hall–Kier alpha value is -7.92. The molecule has 1 unspecified atom stereocenters. The molecule has 63 heavy (non-hydrogen) atoms. The predicted octanol–water partition coefficient (Wildman–Crippen LogP) is 16.2. The second-order valence-electron chi connectivity index (χ2n) is 16.8. The van der Waals surface area contributed by atoms with Crippen molar-refractivity contribution in [3.05, 3.63) is 241 Å². The number of anilines is 3. The van der Waals surface area contributed by atoms with Gasteiger partial charge in [-0.05, 0) is 99.8 Å². The Balaban J connectivity index is 1.06. The third-order valence-electron chi connectivity index (χ3n) is 13.6. The zero-order valence-corrected chi connectivity index (χ0v) is 34.8. The third-order valence-corrected chi connectivity index (χ3v) is 14.8. The van der Waals surface area contributed by atoms with Crippen molar-refractivity contribution >= 4 is 81.1 Å². The van der Waals surface area contributed by atoms with E-state index < -0.39 is 5.41 Å². The molecule has 3 heterocycles. The SMILES string of the molecule is c1ccc(-n2c3ccccc3c3cc(N(c4ccc5c(c4)Oc4ccccc4C54c5ccccc5-c5cccc6cccc4c56)c4cccc5sc6ccccc6c45)ccc32)cc1. The van der Waals surface area contributed by atoms with Crippen LogP contribution in [0.3, 0.4) is 0 Å². The highest BCUT2D eigenvalue weighted by molar-refractivity contribution is 7.26. The van der Waals surface area contributed by atoms with Crippen molar-refractivity contribution < 1.29 is 4.74 Å². The molecule has 294 valence electrons. The van der Waals surface area contributed by atoms with Gasteiger partial charge in [0, 0.05) is 65.2 Å². The van der Waals surface area contributed by atoms with E-state index in [0.29, 0.717) is 0 Å². The van der Waals surface area contributed by atoms with Crippen LogP contribution in [0.2, 0.25) is 0 Å². The fraction of sp³-hybridized carbons (Fsp3) is 0.0169. The maximum atomic E-state index is 7.16. The summed E-state index contributed by atoms with van der Waals surface area (Å²) in [5.41, 5.74) is 13.5. The Morgan fingerprint density at radius 1 is 0.413 bits per heavy atom. The number of rotatable bonds is 4. The van der Waals surface area contributed by atoms with Crippen molar-refractivity contribution in [1.29, 1.82) is 0 Å². The van der Waals surface area contributed by atoms with Gasteiger partial charge in [0.2, 0.25) is 0 Å². The summed E-state index contributed by atoms with van der Waals surface area (Å²) in [7, 11) is 0. The molecule has 0 radical (unpaired) electrons. The molecule has 2 aliphatic rings. The van der Waals surface area contributed by atoms with Crippen LogP contribution in [0.1, 0.15) is 22.3 Å². The molecule has 0 amide bonds. The maximum absolute atomic E-state index is 7.16. The first-order chi connectivity index (χ1) is 31.3. The third kappa shape index (κ3) is 4.73. The highest BCUT2D eigenvalue weighted by Gasteiger charge is 2.49. The van der Waals surface area contributed by atoms with Crippen LogP contribution in [0.5, 0.6) is 11.5 Å². The van der Waals surface area contributed by atoms with Gasteiger partial charge in [-0.15, -0.1) is 11.3 Å². The monoisotopic (exact) mass is 820 g/mol. The van der Waals surface area contributed by atoms with E-state index in [1.54, 1.807) is 0 Å². The summed E-state index contributed by atoms with van der Waals surface area (Å²) in [4.78, 5) is 2.46. The number of fused-ring (bicyclic) bond motifs is 14. The quantitative estimate of drug-likeness (QED) is 0.176. The molecule has 0 saturated carbocycles. The fourth-order valence-corrected chi connectivity index (χ4v) is 12.3. The van der Waals surface area contributed by atoms with Crippen LogP contribution in [-0.4, -0.2) is 4.57 Å². The van der Waals surface area contributed by atoms with Gasteiger partial charge in [0.25, 0.3) is 0 Å². The van der Waals surface area contributed by atoms with Gasteiger partial charge in [0.15, 0.2) is 0 Å². The molecule has 1 aliphatic heterocycles. The Morgan fingerprint density at radius 3 is 1.98 bits per heavy atom. The van der Waals surface area contributed by atoms with Crippen LogP contribution < -0.4 is 9.64 Å². The number of hydrogen-bond donors (Lipinski definition) is 0. The molecule has 1 aliphatic carbocycles. The summed E-state index contributed by atoms with van der Waals surface area (Å²) in [6.45, 7) is 0. The maximum Gasteiger partial charge on any atom is 0.134 e. The Morgan fingerprint density at radius 2 is 1.06 bits per heavy atom. The lowest BCUT2D eigenvalue weighted by atomic mass is 9.58. The molecular weight excluding hydrogens is 785 g/mol. The molecule has 14 rings (SSSR count). The van der Waals surface area contributed by atoms with Gasteiger partial charge in [-0.3, -0.25) is 0 Å². The Labute approximate surface area is 367 Å². The van der Waals surface area contributed by atoms with E-state index in [1.165, 1.54) is 75.0 Å². The number of ether oxygens (including phenoxy) is 1. The highest BCUT2D eigenvalue weighted by atomic mass is 32.1. The van der Waals surface area contributed by atoms with Crippen molar-refractivity contribution in [2.75, 3.05) is 4.90 Å². The normalized spacial score (nSPS) is 14.9. The van der Waals surface area contributed by atoms with E-state index in [9.17, 15) is 0 Å². The van der Waals surface area contributed by atoms with Crippen molar-refractivity contribution in [3.8, 4) is 28.3 Å². The zero-order valence-electron chi connectivity index (χ0n) is 34.0. The van der Waals surface area contributed by atoms with Crippen LogP contribution in [0.25, 0.3) is 69.6 Å². The van der Waals surface area contributed by atoms with E-state index in [4.69, 9.17) is 4.74 Å². The molecule has 1 spiro atoms. The van der Waals surface area contributed by atoms with Crippen LogP contribution >= 0.6 is 11.3 Å². The summed E-state index contributed by atoms with van der Waals surface area (Å²) in [5.74, 6) is 1.73. The van der Waals surface area contributed by atoms with E-state index in [0.717, 1.165) is 45.4 Å². The molecule has 2 aromatic heterocycles. The molecule has 12 aromatic rings. The molecule has 1 atom stereocenters. The van der Waals surface area contributed by atoms with Crippen molar-refractivity contribution in [2.45, 2.75) is 5.41 Å². The number of para-hydroxylation sites is 3. The molecule has 0 fully saturated rings. The molecule has 3 nitrogen and oxygen atoms in total. The van der Waals surface area contributed by atoms with Gasteiger partial charge in [-0.2, -0.15) is 0 Å². The molecule has 0 saturated heterocycles. The van der Waals surface area contributed by atoms with Gasteiger partial charge in [-0.1, -0.05) is 146 Å². The molecule has 0 N–H and O–H groups in total. The van der Waals surface area contributed by atoms with Gasteiger partial charge >= 0.3 is 0 Å². The molecule has 4 heteroatoms. The second-order valence-corrected chi connectivity index (χ2v) is 17.8. The minimum atomic E-state index is -0.611. The predicted molar refractivity (Wildman–Crippen MR) is 263 cm³/mol. The van der Waals surface area contributed by atoms with Gasteiger partial charge in [0.1, 0.15) is 11.5 Å². The standard InChI is InChI=1S/C59H36N2OS/c1-2-17-38(18-3-1)61-50-26-9-5-20-42(50)45-35-39(32-34-51(45)61)60(52-27-14-30-56-58(52)44-21-6-11-29-55(44)63-56)40-31-33-48-54(36-40)62-53-28-10-8-24-47(53)59(48)46-23-7-4-19-41(46)43-22-12-15-37-16-13-25-49(59)57(37)43/h1-36H. The first-order valence-electron chi connectivity index (χ1n) is 21.6. The zero-order chi connectivity index (χ0) is 41.2. The Kier molecular flexibility index (Phi) is 7.20. The van der Waals surface area contributed by atoms with Crippen molar-refractivity contribution in [1.82, 2.24) is 4.57 Å². The summed E-state index contributed by atoms with van der Waals surface area (Å²) < 4.78 is 12.1. The lowest BCUT2D eigenvalue weighted by molar-refractivity contribution is 0.435. The molecular formula is C59H36N2OS. The lowest BCUT2D eigenvalue weighted by Crippen LogP contribution is -2.36. The van der Waals surface area contributed by atoms with E-state index >= 15 is 0 Å². The first-order valence-corrected chi connectivity index (χ1v) is 22.4. The second kappa shape index (κ2) is 13.0. The van der Waals surface area contributed by atoms with Gasteiger partial charge < -0.3 is 14.2 Å². The van der Waals surface area contributed by atoms with Gasteiger partial charge in [-0.25, -0.2) is 0 Å². The molecule has 0 bridgehead atoms. The summed E-state index contributed by atoms with van der Waals surface area (Å²) in [6, 6.07) is 80.2. The van der Waals surface area contributed by atoms with Crippen molar-refractivity contribution in [2.24, 2.45) is 0 Å². The van der Waals surface area contributed by atoms with Crippen LogP contribution in [0, 0.1) is 0 Å². The average Bonchev–Trinajstić information content (AvgIpc) is 3.89. The van der Waals surface area contributed by atoms with E-state index in [2.05, 4.69) is 228 Å².